The van der Waals surface area contributed by atoms with Gasteiger partial charge >= 0.3 is 5.97 Å². The van der Waals surface area contributed by atoms with Crippen molar-refractivity contribution < 1.29 is 23.9 Å². The van der Waals surface area contributed by atoms with Crippen molar-refractivity contribution in [2.75, 3.05) is 29.6 Å². The summed E-state index contributed by atoms with van der Waals surface area (Å²) in [5.41, 5.74) is 2.34. The maximum absolute atomic E-state index is 13.1. The van der Waals surface area contributed by atoms with Crippen LogP contribution >= 0.6 is 11.8 Å². The Labute approximate surface area is 201 Å². The zero-order chi connectivity index (χ0) is 23.5. The van der Waals surface area contributed by atoms with Crippen LogP contribution < -0.4 is 14.5 Å². The number of anilines is 3. The summed E-state index contributed by atoms with van der Waals surface area (Å²) in [5, 5.41) is 0. The molecule has 0 aliphatic carbocycles. The van der Waals surface area contributed by atoms with Gasteiger partial charge in [-0.25, -0.2) is 4.79 Å². The van der Waals surface area contributed by atoms with Crippen molar-refractivity contribution in [2.45, 2.75) is 22.6 Å². The summed E-state index contributed by atoms with van der Waals surface area (Å²) in [7, 11) is 0. The standard InChI is InChI=1S/C26H22N2O5S/c29-24-10-5-15-27(24)18-11-13-19(14-12-18)32-17-26(31)33-16-25(30)28-20-6-1-3-8-22(20)34-23-9-4-2-7-21(23)28/h1-4,6-9,11-14H,5,10,15-17H2. The van der Waals surface area contributed by atoms with Crippen LogP contribution in [0.25, 0.3) is 0 Å². The molecule has 172 valence electrons. The van der Waals surface area contributed by atoms with Crippen LogP contribution in [0.5, 0.6) is 5.75 Å². The molecule has 0 saturated carbocycles. The summed E-state index contributed by atoms with van der Waals surface area (Å²) in [4.78, 5) is 42.4. The second kappa shape index (κ2) is 9.61. The van der Waals surface area contributed by atoms with Crippen LogP contribution in [0, 0.1) is 0 Å². The molecule has 2 heterocycles. The summed E-state index contributed by atoms with van der Waals surface area (Å²) in [6.45, 7) is -0.00607. The number of carbonyl (C=O) groups is 3. The van der Waals surface area contributed by atoms with Gasteiger partial charge in [0.2, 0.25) is 5.91 Å². The van der Waals surface area contributed by atoms with Gasteiger partial charge in [0, 0.05) is 28.4 Å². The highest BCUT2D eigenvalue weighted by Gasteiger charge is 2.28. The van der Waals surface area contributed by atoms with Gasteiger partial charge in [0.25, 0.3) is 5.91 Å². The van der Waals surface area contributed by atoms with Gasteiger partial charge in [-0.2, -0.15) is 0 Å². The second-order valence-electron chi connectivity index (χ2n) is 7.86. The molecule has 0 bridgehead atoms. The lowest BCUT2D eigenvalue weighted by atomic mass is 10.2. The van der Waals surface area contributed by atoms with Gasteiger partial charge < -0.3 is 14.4 Å². The van der Waals surface area contributed by atoms with Gasteiger partial charge in [-0.05, 0) is 55.0 Å². The minimum atomic E-state index is -0.639. The molecule has 2 amide bonds. The average Bonchev–Trinajstić information content (AvgIpc) is 3.30. The molecule has 2 aliphatic rings. The molecule has 3 aromatic carbocycles. The van der Waals surface area contributed by atoms with Crippen LogP contribution in [-0.2, 0) is 19.1 Å². The van der Waals surface area contributed by atoms with Crippen LogP contribution in [0.15, 0.2) is 82.6 Å². The Morgan fingerprint density at radius 2 is 1.50 bits per heavy atom. The molecule has 3 aromatic rings. The lowest BCUT2D eigenvalue weighted by Gasteiger charge is -2.30. The molecule has 1 saturated heterocycles. The summed E-state index contributed by atoms with van der Waals surface area (Å²) >= 11 is 1.60. The maximum Gasteiger partial charge on any atom is 0.344 e. The topological polar surface area (TPSA) is 76.1 Å². The van der Waals surface area contributed by atoms with Crippen molar-refractivity contribution in [3.8, 4) is 5.75 Å². The van der Waals surface area contributed by atoms with E-state index in [4.69, 9.17) is 9.47 Å². The Bertz CT molecular complexity index is 1200. The van der Waals surface area contributed by atoms with Crippen LogP contribution in [-0.4, -0.2) is 37.5 Å². The molecule has 0 unspecified atom stereocenters. The van der Waals surface area contributed by atoms with Crippen molar-refractivity contribution in [1.29, 1.82) is 0 Å². The molecule has 0 atom stereocenters. The zero-order valence-corrected chi connectivity index (χ0v) is 19.1. The molecule has 2 aliphatic heterocycles. The zero-order valence-electron chi connectivity index (χ0n) is 18.3. The van der Waals surface area contributed by atoms with Crippen molar-refractivity contribution in [2.24, 2.45) is 0 Å². The smallest absolute Gasteiger partial charge is 0.344 e. The summed E-state index contributed by atoms with van der Waals surface area (Å²) < 4.78 is 10.7. The monoisotopic (exact) mass is 474 g/mol. The van der Waals surface area contributed by atoms with Gasteiger partial charge in [0.15, 0.2) is 13.2 Å². The lowest BCUT2D eigenvalue weighted by molar-refractivity contribution is -0.149. The van der Waals surface area contributed by atoms with E-state index in [9.17, 15) is 14.4 Å². The number of hydrogen-bond acceptors (Lipinski definition) is 6. The van der Waals surface area contributed by atoms with E-state index in [0.717, 1.165) is 33.3 Å². The molecule has 0 spiro atoms. The van der Waals surface area contributed by atoms with Crippen LogP contribution in [0.3, 0.4) is 0 Å². The Balaban J connectivity index is 1.18. The molecular formula is C26H22N2O5S. The van der Waals surface area contributed by atoms with Gasteiger partial charge in [-0.3, -0.25) is 14.5 Å². The van der Waals surface area contributed by atoms with Crippen LogP contribution in [0.4, 0.5) is 17.1 Å². The first kappa shape index (κ1) is 22.0. The van der Waals surface area contributed by atoms with Gasteiger partial charge in [0.05, 0.1) is 11.4 Å². The van der Waals surface area contributed by atoms with Crippen molar-refractivity contribution in [3.05, 3.63) is 72.8 Å². The third kappa shape index (κ3) is 4.49. The number of fused-ring (bicyclic) bond motifs is 2. The van der Waals surface area contributed by atoms with E-state index in [2.05, 4.69) is 0 Å². The maximum atomic E-state index is 13.1. The Hall–Kier alpha value is -3.78. The molecule has 5 rings (SSSR count). The van der Waals surface area contributed by atoms with E-state index in [0.29, 0.717) is 18.7 Å². The first-order valence-corrected chi connectivity index (χ1v) is 11.8. The molecule has 7 nitrogen and oxygen atoms in total. The van der Waals surface area contributed by atoms with Crippen molar-refractivity contribution >= 4 is 46.6 Å². The minimum Gasteiger partial charge on any atom is -0.482 e. The largest absolute Gasteiger partial charge is 0.482 e. The lowest BCUT2D eigenvalue weighted by Crippen LogP contribution is -2.33. The van der Waals surface area contributed by atoms with Crippen molar-refractivity contribution in [1.82, 2.24) is 0 Å². The van der Waals surface area contributed by atoms with Crippen LogP contribution in [0.1, 0.15) is 12.8 Å². The van der Waals surface area contributed by atoms with E-state index in [1.807, 2.05) is 48.5 Å². The fourth-order valence-electron chi connectivity index (χ4n) is 4.01. The minimum absolute atomic E-state index is 0.111. The highest BCUT2D eigenvalue weighted by atomic mass is 32.2. The van der Waals surface area contributed by atoms with Gasteiger partial charge in [0.1, 0.15) is 5.75 Å². The number of nitrogens with zero attached hydrogens (tertiary/aromatic N) is 2. The number of hydrogen-bond donors (Lipinski definition) is 0. The number of para-hydroxylation sites is 2. The average molecular weight is 475 g/mol. The quantitative estimate of drug-likeness (QED) is 0.488. The molecule has 0 N–H and O–H groups in total. The third-order valence-corrected chi connectivity index (χ3v) is 6.75. The summed E-state index contributed by atoms with van der Waals surface area (Å²) in [5.74, 6) is -0.387. The normalized spacial score (nSPS) is 14.4. The molecule has 34 heavy (non-hydrogen) atoms. The van der Waals surface area contributed by atoms with E-state index >= 15 is 0 Å². The van der Waals surface area contributed by atoms with E-state index in [-0.39, 0.29) is 18.4 Å². The summed E-state index contributed by atoms with van der Waals surface area (Å²) in [6, 6.07) is 22.3. The number of rotatable bonds is 6. The SMILES string of the molecule is O=C(COc1ccc(N2CCCC2=O)cc1)OCC(=O)N1c2ccccc2Sc2ccccc21. The van der Waals surface area contributed by atoms with E-state index in [1.54, 1.807) is 45.8 Å². The number of ether oxygens (including phenoxy) is 2. The third-order valence-electron chi connectivity index (χ3n) is 5.62. The molecule has 1 fully saturated rings. The van der Waals surface area contributed by atoms with Crippen LogP contribution in [0.2, 0.25) is 0 Å². The highest BCUT2D eigenvalue weighted by molar-refractivity contribution is 7.99. The second-order valence-corrected chi connectivity index (χ2v) is 8.94. The predicted octanol–water partition coefficient (Wildman–Crippen LogP) is 4.56. The fraction of sp³-hybridized carbons (Fsp3) is 0.192. The Morgan fingerprint density at radius 1 is 0.853 bits per heavy atom. The first-order chi connectivity index (χ1) is 16.6. The van der Waals surface area contributed by atoms with E-state index in [1.165, 1.54) is 0 Å². The van der Waals surface area contributed by atoms with E-state index < -0.39 is 12.6 Å². The Kier molecular flexibility index (Phi) is 6.22. The van der Waals surface area contributed by atoms with Crippen molar-refractivity contribution in [3.63, 3.8) is 0 Å². The number of amides is 2. The number of esters is 1. The highest BCUT2D eigenvalue weighted by Crippen LogP contribution is 2.47. The summed E-state index contributed by atoms with van der Waals surface area (Å²) in [6.07, 6.45) is 1.42. The number of carbonyl (C=O) groups excluding carboxylic acids is 3. The molecule has 0 radical (unpaired) electrons. The molecule has 8 heteroatoms. The fourth-order valence-corrected chi connectivity index (χ4v) is 5.07. The predicted molar refractivity (Wildman–Crippen MR) is 129 cm³/mol. The number of benzene rings is 3. The first-order valence-electron chi connectivity index (χ1n) is 11.0. The Morgan fingerprint density at radius 3 is 2.12 bits per heavy atom. The van der Waals surface area contributed by atoms with Gasteiger partial charge in [-0.15, -0.1) is 0 Å². The molecule has 0 aromatic heterocycles. The molecular weight excluding hydrogens is 452 g/mol. The van der Waals surface area contributed by atoms with Gasteiger partial charge in [-0.1, -0.05) is 36.0 Å².